The van der Waals surface area contributed by atoms with Crippen LogP contribution in [0.1, 0.15) is 70.7 Å². The lowest BCUT2D eigenvalue weighted by molar-refractivity contribution is -0.156. The minimum atomic E-state index is -3.69. The molecule has 0 fully saturated rings. The molecule has 14 nitrogen and oxygen atoms in total. The summed E-state index contributed by atoms with van der Waals surface area (Å²) in [6.45, 7) is 14.9. The lowest BCUT2D eigenvalue weighted by atomic mass is 9.92. The standard InChI is InChI=1S/C23H25N3O3S.C21H23N3O2S.C4H6O3/c1-16-7-5-10-21(13-16)30(28,29)26-23(3,4)20-9-6-8-18(14-20)19-11-12-24-22(15-19)25-17(2)27;1-15-6-4-9-19(12-15)27(25,26)24-21(2,3)18-8-5-7-16(13-18)17-10-11-23-20(22)14-17;1-3(5)7-4(2)6/h5-15,26H,1-4H3,(H,24,25,27);4-14,24H,1-3H3,(H2,22,23);1-2H3. The number of nitrogens with zero attached hydrogens (tertiary/aromatic N) is 2. The predicted octanol–water partition coefficient (Wildman–Crippen LogP) is 8.18. The number of nitrogens with two attached hydrogens (primary N) is 1. The van der Waals surface area contributed by atoms with Crippen LogP contribution in [0.2, 0.25) is 0 Å². The Morgan fingerprint density at radius 3 is 1.34 bits per heavy atom. The molecule has 0 saturated heterocycles. The molecule has 0 atom stereocenters. The average Bonchev–Trinajstić information content (AvgIpc) is 3.20. The van der Waals surface area contributed by atoms with Crippen molar-refractivity contribution >= 4 is 49.5 Å². The summed E-state index contributed by atoms with van der Waals surface area (Å²) in [7, 11) is -7.35. The Kier molecular flexibility index (Phi) is 16.6. The van der Waals surface area contributed by atoms with E-state index in [0.29, 0.717) is 11.6 Å². The number of sulfonamides is 2. The molecule has 336 valence electrons. The number of aryl methyl sites for hydroxylation is 2. The van der Waals surface area contributed by atoms with Gasteiger partial charge in [-0.05, 0) is 147 Å². The Morgan fingerprint density at radius 2 is 0.953 bits per heavy atom. The third-order valence-electron chi connectivity index (χ3n) is 9.35. The van der Waals surface area contributed by atoms with Crippen molar-refractivity contribution in [1.82, 2.24) is 19.4 Å². The van der Waals surface area contributed by atoms with E-state index in [4.69, 9.17) is 5.73 Å². The maximum atomic E-state index is 12.9. The molecule has 2 heterocycles. The van der Waals surface area contributed by atoms with Crippen LogP contribution in [0.4, 0.5) is 11.6 Å². The molecule has 0 aliphatic carbocycles. The Labute approximate surface area is 375 Å². The van der Waals surface area contributed by atoms with Gasteiger partial charge in [0, 0.05) is 33.2 Å². The third-order valence-corrected chi connectivity index (χ3v) is 12.7. The first kappa shape index (κ1) is 50.1. The van der Waals surface area contributed by atoms with Crippen LogP contribution in [0.15, 0.2) is 144 Å². The van der Waals surface area contributed by atoms with Gasteiger partial charge in [0.15, 0.2) is 0 Å². The number of ether oxygens (including phenoxy) is 1. The van der Waals surface area contributed by atoms with Crippen molar-refractivity contribution in [1.29, 1.82) is 0 Å². The number of nitrogen functional groups attached to an aromatic ring is 1. The molecule has 0 saturated carbocycles. The number of anilines is 2. The highest BCUT2D eigenvalue weighted by Crippen LogP contribution is 2.30. The Balaban J connectivity index is 0.000000245. The van der Waals surface area contributed by atoms with Gasteiger partial charge in [-0.25, -0.2) is 36.2 Å². The van der Waals surface area contributed by atoms with Crippen molar-refractivity contribution in [2.75, 3.05) is 11.1 Å². The first-order valence-corrected chi connectivity index (χ1v) is 22.9. The van der Waals surface area contributed by atoms with E-state index in [1.165, 1.54) is 20.8 Å². The minimum absolute atomic E-state index is 0.194. The van der Waals surface area contributed by atoms with Crippen molar-refractivity contribution in [3.63, 3.8) is 0 Å². The number of hydrogen-bond acceptors (Lipinski definition) is 11. The van der Waals surface area contributed by atoms with Gasteiger partial charge in [0.25, 0.3) is 0 Å². The number of carbonyl (C=O) groups is 3. The number of esters is 2. The monoisotopic (exact) mass is 906 g/mol. The largest absolute Gasteiger partial charge is 0.394 e. The zero-order chi connectivity index (χ0) is 47.5. The molecule has 64 heavy (non-hydrogen) atoms. The molecule has 4 aromatic carbocycles. The summed E-state index contributed by atoms with van der Waals surface area (Å²) in [5.74, 6) is -0.415. The molecule has 16 heteroatoms. The number of aromatic nitrogens is 2. The number of hydrogen-bond donors (Lipinski definition) is 4. The second kappa shape index (κ2) is 21.2. The molecule has 0 aliphatic rings. The molecule has 0 radical (unpaired) electrons. The van der Waals surface area contributed by atoms with Crippen LogP contribution in [0, 0.1) is 13.8 Å². The van der Waals surface area contributed by atoms with Crippen LogP contribution in [0.5, 0.6) is 0 Å². The number of rotatable bonds is 11. The zero-order valence-electron chi connectivity index (χ0n) is 37.3. The maximum absolute atomic E-state index is 12.9. The highest BCUT2D eigenvalue weighted by molar-refractivity contribution is 7.89. The average molecular weight is 907 g/mol. The van der Waals surface area contributed by atoms with E-state index >= 15 is 0 Å². The van der Waals surface area contributed by atoms with E-state index in [9.17, 15) is 31.2 Å². The lowest BCUT2D eigenvalue weighted by Crippen LogP contribution is -2.40. The van der Waals surface area contributed by atoms with Crippen LogP contribution in [0.25, 0.3) is 22.3 Å². The number of carbonyl (C=O) groups excluding carboxylic acids is 3. The summed E-state index contributed by atoms with van der Waals surface area (Å²) in [5, 5.41) is 2.67. The summed E-state index contributed by atoms with van der Waals surface area (Å²) in [4.78, 5) is 39.6. The van der Waals surface area contributed by atoms with Crippen LogP contribution in [-0.2, 0) is 50.2 Å². The molecular weight excluding hydrogens is 853 g/mol. The van der Waals surface area contributed by atoms with Gasteiger partial charge in [0.1, 0.15) is 11.6 Å². The summed E-state index contributed by atoms with van der Waals surface area (Å²) in [6.07, 6.45) is 3.28. The highest BCUT2D eigenvalue weighted by Gasteiger charge is 2.30. The summed E-state index contributed by atoms with van der Waals surface area (Å²) < 4.78 is 61.1. The zero-order valence-corrected chi connectivity index (χ0v) is 38.9. The highest BCUT2D eigenvalue weighted by atomic mass is 32.2. The van der Waals surface area contributed by atoms with E-state index in [1.807, 2.05) is 114 Å². The van der Waals surface area contributed by atoms with Crippen LogP contribution >= 0.6 is 0 Å². The Hall–Kier alpha value is -6.59. The molecule has 0 unspecified atom stereocenters. The van der Waals surface area contributed by atoms with Crippen LogP contribution in [0.3, 0.4) is 0 Å². The number of benzene rings is 4. The quantitative estimate of drug-likeness (QED) is 0.0718. The molecule has 2 aromatic heterocycles. The van der Waals surface area contributed by atoms with Gasteiger partial charge in [-0.2, -0.15) is 0 Å². The normalized spacial score (nSPS) is 11.5. The van der Waals surface area contributed by atoms with E-state index in [0.717, 1.165) is 44.5 Å². The van der Waals surface area contributed by atoms with Gasteiger partial charge < -0.3 is 15.8 Å². The summed E-state index contributed by atoms with van der Waals surface area (Å²) >= 11 is 0. The van der Waals surface area contributed by atoms with Gasteiger partial charge in [-0.15, -0.1) is 0 Å². The SMILES string of the molecule is CC(=O)Nc1cc(-c2cccc(C(C)(C)NS(=O)(=O)c3cccc(C)c3)c2)ccn1.CC(=O)OC(C)=O.Cc1cccc(S(=O)(=O)NC(C)(C)c2cccc(-c3ccnc(N)c3)c2)c1. The van der Waals surface area contributed by atoms with E-state index in [2.05, 4.69) is 29.5 Å². The second-order valence-electron chi connectivity index (χ2n) is 15.9. The molecule has 6 aromatic rings. The van der Waals surface area contributed by atoms with Gasteiger partial charge in [-0.1, -0.05) is 60.7 Å². The summed E-state index contributed by atoms with van der Waals surface area (Å²) in [5.41, 5.74) is 11.2. The van der Waals surface area contributed by atoms with Crippen LogP contribution < -0.4 is 20.5 Å². The van der Waals surface area contributed by atoms with Crippen molar-refractivity contribution in [3.05, 3.63) is 156 Å². The van der Waals surface area contributed by atoms with Gasteiger partial charge in [0.2, 0.25) is 26.0 Å². The second-order valence-corrected chi connectivity index (χ2v) is 19.3. The predicted molar refractivity (Wildman–Crippen MR) is 250 cm³/mol. The lowest BCUT2D eigenvalue weighted by Gasteiger charge is -2.27. The number of nitrogens with one attached hydrogen (secondary N) is 3. The summed E-state index contributed by atoms with van der Waals surface area (Å²) in [6, 6.07) is 36.4. The first-order chi connectivity index (χ1) is 29.9. The topological polar surface area (TPSA) is 217 Å². The van der Waals surface area contributed by atoms with E-state index in [-0.39, 0.29) is 15.7 Å². The molecule has 5 N–H and O–H groups in total. The smallest absolute Gasteiger partial charge is 0.310 e. The van der Waals surface area contributed by atoms with E-state index in [1.54, 1.807) is 60.9 Å². The minimum Gasteiger partial charge on any atom is -0.394 e. The molecule has 1 amide bonds. The fourth-order valence-electron chi connectivity index (χ4n) is 6.34. The maximum Gasteiger partial charge on any atom is 0.310 e. The molecule has 6 rings (SSSR count). The Morgan fingerprint density at radius 1 is 0.547 bits per heavy atom. The third kappa shape index (κ3) is 14.8. The van der Waals surface area contributed by atoms with Gasteiger partial charge in [0.05, 0.1) is 20.9 Å². The van der Waals surface area contributed by atoms with Crippen molar-refractivity contribution in [2.45, 2.75) is 83.2 Å². The van der Waals surface area contributed by atoms with Gasteiger partial charge in [-0.3, -0.25) is 14.4 Å². The molecule has 0 spiro atoms. The Bertz CT molecular complexity index is 2850. The number of amides is 1. The molecule has 0 bridgehead atoms. The first-order valence-electron chi connectivity index (χ1n) is 19.9. The van der Waals surface area contributed by atoms with Crippen molar-refractivity contribution < 1.29 is 36.0 Å². The van der Waals surface area contributed by atoms with Gasteiger partial charge >= 0.3 is 11.9 Å². The van der Waals surface area contributed by atoms with Crippen molar-refractivity contribution in [2.24, 2.45) is 0 Å². The van der Waals surface area contributed by atoms with Crippen molar-refractivity contribution in [3.8, 4) is 22.3 Å². The molecule has 0 aliphatic heterocycles. The van der Waals surface area contributed by atoms with E-state index < -0.39 is 43.1 Å². The fourth-order valence-corrected chi connectivity index (χ4v) is 9.35. The number of pyridine rings is 2. The fraction of sp³-hybridized carbons (Fsp3) is 0.229. The molecular formula is C48H54N6O8S2. The van der Waals surface area contributed by atoms with Crippen LogP contribution in [-0.4, -0.2) is 44.6 Å².